The summed E-state index contributed by atoms with van der Waals surface area (Å²) in [4.78, 5) is 15.8. The first-order valence-corrected chi connectivity index (χ1v) is 21.7. The van der Waals surface area contributed by atoms with Crippen molar-refractivity contribution in [2.75, 3.05) is 54.9 Å². The highest BCUT2D eigenvalue weighted by molar-refractivity contribution is 5.80. The van der Waals surface area contributed by atoms with E-state index in [1.54, 1.807) is 28.4 Å². The van der Waals surface area contributed by atoms with Crippen LogP contribution in [0.4, 0.5) is 0 Å². The minimum atomic E-state index is 0.569. The fourth-order valence-electron chi connectivity index (χ4n) is 9.15. The van der Waals surface area contributed by atoms with E-state index < -0.39 is 0 Å². The van der Waals surface area contributed by atoms with Crippen molar-refractivity contribution < 1.29 is 37.2 Å². The second-order valence-corrected chi connectivity index (χ2v) is 16.3. The van der Waals surface area contributed by atoms with Crippen LogP contribution in [0.5, 0.6) is 0 Å². The lowest BCUT2D eigenvalue weighted by Crippen LogP contribution is -2.36. The SMILES string of the molecule is COCCn1cc[n+](C)c1C1=c2ccc([nH]2)=C(c2n(CCOC)cc[n+]2C)c2ccc([nH]2)C(c2n(CCOC)cc[n+]2C)=c2ccc([nH]2)=C(c2n(CCOC)cc[n+]2C)c2ccc1[nH]2. The van der Waals surface area contributed by atoms with Crippen LogP contribution in [0.15, 0.2) is 98.1 Å². The zero-order valence-electron chi connectivity index (χ0n) is 38.1. The molecule has 0 saturated carbocycles. The largest absolute Gasteiger partial charge is 0.381 e. The lowest BCUT2D eigenvalue weighted by molar-refractivity contribution is -0.673. The van der Waals surface area contributed by atoms with Gasteiger partial charge in [0.15, 0.2) is 0 Å². The van der Waals surface area contributed by atoms with Crippen LogP contribution >= 0.6 is 0 Å². The topological polar surface area (TPSA) is 135 Å². The van der Waals surface area contributed by atoms with Crippen molar-refractivity contribution in [3.63, 3.8) is 0 Å². The molecule has 16 nitrogen and oxygen atoms in total. The smallest absolute Gasteiger partial charge is 0.292 e. The van der Waals surface area contributed by atoms with Gasteiger partial charge in [-0.25, -0.2) is 36.5 Å². The van der Waals surface area contributed by atoms with Gasteiger partial charge in [0, 0.05) is 28.4 Å². The number of aryl methyl sites for hydroxylation is 4. The highest BCUT2D eigenvalue weighted by atomic mass is 16.5. The predicted octanol–water partition coefficient (Wildman–Crippen LogP) is -0.609. The molecule has 9 heterocycles. The number of hydrogen-bond acceptors (Lipinski definition) is 4. The molecule has 0 atom stereocenters. The Balaban J connectivity index is 1.44. The van der Waals surface area contributed by atoms with Crippen LogP contribution < -0.4 is 39.7 Å². The van der Waals surface area contributed by atoms with E-state index in [1.807, 2.05) is 0 Å². The predicted molar refractivity (Wildman–Crippen MR) is 238 cm³/mol. The Morgan fingerprint density at radius 3 is 0.812 bits per heavy atom. The quantitative estimate of drug-likeness (QED) is 0.0966. The molecule has 64 heavy (non-hydrogen) atoms. The van der Waals surface area contributed by atoms with Crippen molar-refractivity contribution in [2.45, 2.75) is 26.2 Å². The molecule has 8 aromatic heterocycles. The molecule has 0 aliphatic carbocycles. The van der Waals surface area contributed by atoms with Gasteiger partial charge in [-0.1, -0.05) is 0 Å². The third-order valence-electron chi connectivity index (χ3n) is 12.2. The molecule has 16 heteroatoms. The number of rotatable bonds is 16. The normalized spacial score (nSPS) is 13.0. The number of aromatic amines is 4. The standard InChI is InChI=1S/C48H58N12O4/c1-53-17-21-57(25-29-61-5)45(53)41-33-9-11-35(49-33)42(46-54(2)18-22-58(46)26-30-62-6)37-13-15-39(51-37)44(48-56(4)20-24-60(48)28-32-64-8)40-16-14-38(52-40)43(36-12-10-34(41)50-36)47-55(3)19-23-59(47)27-31-63-7/h9-24H,25-32H2,1-8H3,(H2,49,50,51,52)/q+2/p+2. The molecule has 0 radical (unpaired) electrons. The summed E-state index contributed by atoms with van der Waals surface area (Å²) >= 11 is 0. The zero-order chi connectivity index (χ0) is 44.5. The Morgan fingerprint density at radius 1 is 0.359 bits per heavy atom. The number of aromatic nitrogens is 12. The first-order chi connectivity index (χ1) is 31.2. The number of imidazole rings is 4. The first kappa shape index (κ1) is 42.6. The number of hydrogen-bond donors (Lipinski definition) is 4. The molecule has 0 saturated heterocycles. The van der Waals surface area contributed by atoms with Gasteiger partial charge in [0.05, 0.1) is 98.8 Å². The van der Waals surface area contributed by atoms with E-state index in [-0.39, 0.29) is 0 Å². The average Bonchev–Trinajstić information content (AvgIpc) is 4.16. The second-order valence-electron chi connectivity index (χ2n) is 16.3. The molecule has 0 aromatic carbocycles. The van der Waals surface area contributed by atoms with Gasteiger partial charge in [-0.2, -0.15) is 0 Å². The maximum atomic E-state index is 5.61. The summed E-state index contributed by atoms with van der Waals surface area (Å²) in [6.45, 7) is 5.00. The Kier molecular flexibility index (Phi) is 12.1. The molecular weight excluding hydrogens is 809 g/mol. The molecule has 332 valence electrons. The number of fused-ring (bicyclic) bond motifs is 8. The van der Waals surface area contributed by atoms with Crippen molar-refractivity contribution in [1.29, 1.82) is 0 Å². The molecule has 8 bridgehead atoms. The fraction of sp³-hybridized carbons (Fsp3) is 0.333. The molecule has 0 amide bonds. The van der Waals surface area contributed by atoms with Crippen LogP contribution in [0.2, 0.25) is 0 Å². The van der Waals surface area contributed by atoms with Crippen molar-refractivity contribution in [3.05, 3.63) is 166 Å². The second kappa shape index (κ2) is 18.2. The molecule has 8 aromatic rings. The van der Waals surface area contributed by atoms with Crippen LogP contribution in [0.1, 0.15) is 46.1 Å². The highest BCUT2D eigenvalue weighted by Crippen LogP contribution is 2.26. The van der Waals surface area contributed by atoms with E-state index in [0.717, 1.165) is 89.8 Å². The van der Waals surface area contributed by atoms with Gasteiger partial charge in [0.25, 0.3) is 23.3 Å². The number of methoxy groups -OCH3 is 4. The van der Waals surface area contributed by atoms with Crippen molar-refractivity contribution in [1.82, 2.24) is 38.2 Å². The fourth-order valence-corrected chi connectivity index (χ4v) is 9.15. The third-order valence-corrected chi connectivity index (χ3v) is 12.2. The number of H-pyrrole nitrogens is 4. The molecule has 1 aliphatic rings. The number of nitrogens with one attached hydrogen (secondary N) is 4. The van der Waals surface area contributed by atoms with Crippen molar-refractivity contribution >= 4 is 22.3 Å². The summed E-state index contributed by atoms with van der Waals surface area (Å²) in [6.07, 6.45) is 16.9. The molecule has 0 spiro atoms. The Labute approximate surface area is 371 Å². The van der Waals surface area contributed by atoms with Gasteiger partial charge in [-0.05, 0) is 48.5 Å². The van der Waals surface area contributed by atoms with Gasteiger partial charge in [-0.3, -0.25) is 0 Å². The van der Waals surface area contributed by atoms with Gasteiger partial charge in [0.1, 0.15) is 98.0 Å². The first-order valence-electron chi connectivity index (χ1n) is 21.7. The lowest BCUT2D eigenvalue weighted by Gasteiger charge is -2.09. The van der Waals surface area contributed by atoms with Gasteiger partial charge >= 0.3 is 0 Å². The summed E-state index contributed by atoms with van der Waals surface area (Å²) in [5.41, 5.74) is 7.90. The van der Waals surface area contributed by atoms with E-state index in [4.69, 9.17) is 18.9 Å². The Bertz CT molecular complexity index is 2780. The van der Waals surface area contributed by atoms with Crippen LogP contribution in [-0.2, 0) is 73.3 Å². The summed E-state index contributed by atoms with van der Waals surface area (Å²) in [7, 11) is 15.4. The lowest BCUT2D eigenvalue weighted by atomic mass is 10.1. The van der Waals surface area contributed by atoms with Crippen molar-refractivity contribution in [2.24, 2.45) is 28.2 Å². The Hall–Kier alpha value is -6.72. The van der Waals surface area contributed by atoms with Gasteiger partial charge in [-0.15, -0.1) is 0 Å². The van der Waals surface area contributed by atoms with Gasteiger partial charge < -0.3 is 38.9 Å². The third kappa shape index (κ3) is 7.72. The van der Waals surface area contributed by atoms with Crippen molar-refractivity contribution in [3.8, 4) is 0 Å². The molecule has 4 N–H and O–H groups in total. The maximum Gasteiger partial charge on any atom is 0.292 e. The van der Waals surface area contributed by atoms with E-state index in [2.05, 4.69) is 183 Å². The monoisotopic (exact) mass is 868 g/mol. The zero-order valence-corrected chi connectivity index (χ0v) is 38.1. The van der Waals surface area contributed by atoms with Crippen LogP contribution in [0, 0.1) is 0 Å². The minimum Gasteiger partial charge on any atom is -0.381 e. The molecule has 0 fully saturated rings. The average molecular weight is 869 g/mol. The number of ether oxygens (including phenoxy) is 4. The summed E-state index contributed by atoms with van der Waals surface area (Å²) < 4.78 is 40.2. The van der Waals surface area contributed by atoms with Crippen LogP contribution in [0.25, 0.3) is 22.3 Å². The number of nitrogens with zero attached hydrogens (tertiary/aromatic N) is 8. The molecule has 1 aliphatic heterocycles. The van der Waals surface area contributed by atoms with Gasteiger partial charge in [0.2, 0.25) is 0 Å². The Morgan fingerprint density at radius 2 is 0.594 bits per heavy atom. The van der Waals surface area contributed by atoms with E-state index in [9.17, 15) is 0 Å². The minimum absolute atomic E-state index is 0.569. The molecular formula is C48H60N12O4+4. The molecule has 0 unspecified atom stereocenters. The van der Waals surface area contributed by atoms with E-state index in [1.165, 1.54) is 0 Å². The summed E-state index contributed by atoms with van der Waals surface area (Å²) in [5, 5.41) is 3.83. The molecule has 9 rings (SSSR count). The highest BCUT2D eigenvalue weighted by Gasteiger charge is 2.31. The maximum absolute atomic E-state index is 5.61. The van der Waals surface area contributed by atoms with E-state index in [0.29, 0.717) is 52.6 Å². The van der Waals surface area contributed by atoms with Crippen LogP contribution in [0.3, 0.4) is 0 Å². The summed E-state index contributed by atoms with van der Waals surface area (Å²) in [5.74, 6) is 4.11. The summed E-state index contributed by atoms with van der Waals surface area (Å²) in [6, 6.07) is 17.6. The van der Waals surface area contributed by atoms with E-state index >= 15 is 0 Å². The van der Waals surface area contributed by atoms with Crippen LogP contribution in [-0.4, -0.2) is 93.1 Å².